The van der Waals surface area contributed by atoms with Crippen LogP contribution < -0.4 is 5.32 Å². The molecule has 0 spiro atoms. The zero-order valence-electron chi connectivity index (χ0n) is 11.7. The minimum atomic E-state index is -1.02. The molecule has 2 aromatic carbocycles. The molecule has 5 nitrogen and oxygen atoms in total. The average molecular weight is 311 g/mol. The van der Waals surface area contributed by atoms with Crippen molar-refractivity contribution in [3.05, 3.63) is 64.5 Å². The van der Waals surface area contributed by atoms with Crippen LogP contribution in [0.15, 0.2) is 36.4 Å². The van der Waals surface area contributed by atoms with Crippen molar-refractivity contribution >= 4 is 28.9 Å². The molecule has 2 aliphatic heterocycles. The van der Waals surface area contributed by atoms with Gasteiger partial charge in [-0.05, 0) is 36.4 Å². The number of anilines is 1. The Kier molecular flexibility index (Phi) is 2.74. The first-order chi connectivity index (χ1) is 11.0. The van der Waals surface area contributed by atoms with Crippen molar-refractivity contribution in [3.8, 4) is 0 Å². The van der Waals surface area contributed by atoms with Crippen LogP contribution in [0.3, 0.4) is 0 Å². The lowest BCUT2D eigenvalue weighted by Gasteiger charge is -2.05. The van der Waals surface area contributed by atoms with E-state index in [9.17, 15) is 14.0 Å². The van der Waals surface area contributed by atoms with Gasteiger partial charge < -0.3 is 15.2 Å². The first-order valence-corrected chi connectivity index (χ1v) is 6.89. The van der Waals surface area contributed by atoms with Gasteiger partial charge in [-0.25, -0.2) is 9.18 Å². The fourth-order valence-corrected chi connectivity index (χ4v) is 2.87. The number of benzene rings is 2. The van der Waals surface area contributed by atoms with Gasteiger partial charge >= 0.3 is 5.97 Å². The van der Waals surface area contributed by atoms with Gasteiger partial charge in [-0.1, -0.05) is 0 Å². The molecule has 0 unspecified atom stereocenters. The van der Waals surface area contributed by atoms with Crippen LogP contribution in [0.4, 0.5) is 10.1 Å². The molecule has 2 heterocycles. The Morgan fingerprint density at radius 1 is 1.17 bits per heavy atom. The number of hydrogen-bond acceptors (Lipinski definition) is 3. The summed E-state index contributed by atoms with van der Waals surface area (Å²) in [6, 6.07) is 8.69. The second kappa shape index (κ2) is 4.67. The number of carboxylic acids is 1. The Balaban J connectivity index is 1.89. The summed E-state index contributed by atoms with van der Waals surface area (Å²) < 4.78 is 18.9. The number of ether oxygens (including phenoxy) is 1. The summed E-state index contributed by atoms with van der Waals surface area (Å²) in [6.45, 7) is 0.194. The van der Waals surface area contributed by atoms with E-state index in [1.165, 1.54) is 30.3 Å². The van der Waals surface area contributed by atoms with E-state index in [0.717, 1.165) is 0 Å². The molecular formula is C17H10FNO4. The molecule has 114 valence electrons. The first kappa shape index (κ1) is 13.5. The van der Waals surface area contributed by atoms with E-state index >= 15 is 0 Å². The molecule has 0 saturated heterocycles. The van der Waals surface area contributed by atoms with Gasteiger partial charge in [0.1, 0.15) is 18.2 Å². The summed E-state index contributed by atoms with van der Waals surface area (Å²) >= 11 is 0. The predicted octanol–water partition coefficient (Wildman–Crippen LogP) is 2.87. The molecule has 0 radical (unpaired) electrons. The second-order valence-electron chi connectivity index (χ2n) is 5.31. The molecule has 2 N–H and O–H groups in total. The van der Waals surface area contributed by atoms with E-state index in [0.29, 0.717) is 33.7 Å². The number of carbonyl (C=O) groups is 2. The maximum atomic E-state index is 13.3. The summed E-state index contributed by atoms with van der Waals surface area (Å²) in [6.07, 6.45) is 0. The van der Waals surface area contributed by atoms with Gasteiger partial charge in [-0.15, -0.1) is 0 Å². The van der Waals surface area contributed by atoms with Crippen LogP contribution in [-0.4, -0.2) is 17.0 Å². The monoisotopic (exact) mass is 311 g/mol. The zero-order chi connectivity index (χ0) is 16.1. The Bertz CT molecular complexity index is 917. The molecule has 2 aromatic rings. The van der Waals surface area contributed by atoms with Crippen molar-refractivity contribution in [2.45, 2.75) is 6.61 Å². The topological polar surface area (TPSA) is 75.6 Å². The largest absolute Gasteiger partial charge is 0.487 e. The Morgan fingerprint density at radius 3 is 2.74 bits per heavy atom. The molecule has 6 heteroatoms. The summed E-state index contributed by atoms with van der Waals surface area (Å²) in [5, 5.41) is 11.7. The minimum absolute atomic E-state index is 0.164. The van der Waals surface area contributed by atoms with Crippen LogP contribution in [0.25, 0.3) is 11.3 Å². The third-order valence-corrected chi connectivity index (χ3v) is 3.92. The van der Waals surface area contributed by atoms with Crippen LogP contribution in [0.1, 0.15) is 27.0 Å². The highest BCUT2D eigenvalue weighted by molar-refractivity contribution is 6.36. The molecule has 4 rings (SSSR count). The maximum Gasteiger partial charge on any atom is 0.335 e. The average Bonchev–Trinajstić information content (AvgIpc) is 3.05. The van der Waals surface area contributed by atoms with Crippen molar-refractivity contribution in [1.82, 2.24) is 0 Å². The van der Waals surface area contributed by atoms with E-state index in [2.05, 4.69) is 5.32 Å². The maximum absolute atomic E-state index is 13.3. The highest BCUT2D eigenvalue weighted by Gasteiger charge is 2.32. The minimum Gasteiger partial charge on any atom is -0.487 e. The molecule has 23 heavy (non-hydrogen) atoms. The quantitative estimate of drug-likeness (QED) is 0.794. The highest BCUT2D eigenvalue weighted by Crippen LogP contribution is 2.41. The molecule has 0 aliphatic carbocycles. The molecule has 1 amide bonds. The molecule has 2 aliphatic rings. The number of rotatable bonds is 1. The first-order valence-electron chi connectivity index (χ1n) is 6.89. The number of halogens is 1. The van der Waals surface area contributed by atoms with Gasteiger partial charge in [-0.3, -0.25) is 4.79 Å². The Morgan fingerprint density at radius 2 is 1.96 bits per heavy atom. The van der Waals surface area contributed by atoms with E-state index in [1.54, 1.807) is 6.07 Å². The lowest BCUT2D eigenvalue weighted by atomic mass is 9.99. The molecule has 0 atom stereocenters. The number of carboxylic acid groups (broad SMARTS) is 1. The van der Waals surface area contributed by atoms with Crippen molar-refractivity contribution in [1.29, 1.82) is 0 Å². The number of aromatic carboxylic acids is 1. The lowest BCUT2D eigenvalue weighted by molar-refractivity contribution is -0.110. The zero-order valence-corrected chi connectivity index (χ0v) is 11.7. The number of carbonyl (C=O) groups excluding carboxylic acids is 1. The molecule has 0 fully saturated rings. The molecule has 0 saturated carbocycles. The van der Waals surface area contributed by atoms with E-state index in [1.807, 2.05) is 0 Å². The van der Waals surface area contributed by atoms with Gasteiger partial charge in [0.2, 0.25) is 0 Å². The van der Waals surface area contributed by atoms with Crippen LogP contribution >= 0.6 is 0 Å². The van der Waals surface area contributed by atoms with Gasteiger partial charge in [0.15, 0.2) is 0 Å². The van der Waals surface area contributed by atoms with Crippen LogP contribution in [0.2, 0.25) is 0 Å². The predicted molar refractivity (Wildman–Crippen MR) is 80.0 cm³/mol. The molecular weight excluding hydrogens is 301 g/mol. The van der Waals surface area contributed by atoms with Gasteiger partial charge in [0.05, 0.1) is 16.8 Å². The smallest absolute Gasteiger partial charge is 0.335 e. The van der Waals surface area contributed by atoms with E-state index in [4.69, 9.17) is 9.84 Å². The normalized spacial score (nSPS) is 18.2. The van der Waals surface area contributed by atoms with Crippen molar-refractivity contribution in [3.63, 3.8) is 0 Å². The van der Waals surface area contributed by atoms with Crippen molar-refractivity contribution in [2.75, 3.05) is 5.32 Å². The van der Waals surface area contributed by atoms with Gasteiger partial charge in [-0.2, -0.15) is 0 Å². The van der Waals surface area contributed by atoms with Gasteiger partial charge in [0, 0.05) is 16.7 Å². The van der Waals surface area contributed by atoms with Crippen LogP contribution in [0, 0.1) is 5.82 Å². The summed E-state index contributed by atoms with van der Waals surface area (Å²) in [7, 11) is 0. The Hall–Kier alpha value is -3.15. The number of hydrogen-bond donors (Lipinski definition) is 2. The third kappa shape index (κ3) is 1.99. The van der Waals surface area contributed by atoms with E-state index in [-0.39, 0.29) is 18.1 Å². The third-order valence-electron chi connectivity index (χ3n) is 3.92. The summed E-state index contributed by atoms with van der Waals surface area (Å²) in [5.74, 6) is -1.43. The second-order valence-corrected chi connectivity index (χ2v) is 5.31. The summed E-state index contributed by atoms with van der Waals surface area (Å²) in [5.41, 5.74) is 2.85. The van der Waals surface area contributed by atoms with E-state index < -0.39 is 11.8 Å². The molecule has 0 aromatic heterocycles. The number of fused-ring (bicyclic) bond motifs is 2. The highest BCUT2D eigenvalue weighted by atomic mass is 19.1. The Labute approximate surface area is 130 Å². The summed E-state index contributed by atoms with van der Waals surface area (Å²) in [4.78, 5) is 23.3. The lowest BCUT2D eigenvalue weighted by Crippen LogP contribution is -2.05. The SMILES string of the molecule is O=C1Nc2cc(F)ccc2/C1=C1\OCc2cc(C(=O)O)ccc21. The fourth-order valence-electron chi connectivity index (χ4n) is 2.87. The fraction of sp³-hybridized carbons (Fsp3) is 0.0588. The number of nitrogens with one attached hydrogen (secondary N) is 1. The van der Waals surface area contributed by atoms with Crippen molar-refractivity contribution in [2.24, 2.45) is 0 Å². The number of amides is 1. The van der Waals surface area contributed by atoms with Crippen molar-refractivity contribution < 1.29 is 23.8 Å². The van der Waals surface area contributed by atoms with Crippen LogP contribution in [-0.2, 0) is 16.1 Å². The molecule has 0 bridgehead atoms. The van der Waals surface area contributed by atoms with Gasteiger partial charge in [0.25, 0.3) is 5.91 Å². The standard InChI is InChI=1S/C17H10FNO4/c18-10-2-4-12-13(6-10)19-16(20)14(12)15-11-3-1-8(17(21)22)5-9(11)7-23-15/h1-6H,7H2,(H,19,20)(H,21,22)/b15-14+. The van der Waals surface area contributed by atoms with Crippen LogP contribution in [0.5, 0.6) is 0 Å².